The van der Waals surface area contributed by atoms with Crippen molar-refractivity contribution < 1.29 is 8.42 Å². The van der Waals surface area contributed by atoms with Crippen LogP contribution in [0.25, 0.3) is 0 Å². The Balaban J connectivity index is 2.14. The van der Waals surface area contributed by atoms with Gasteiger partial charge in [0.25, 0.3) is 0 Å². The molecular formula is C8H10ClN3O2S. The van der Waals surface area contributed by atoms with E-state index in [-0.39, 0.29) is 11.5 Å². The van der Waals surface area contributed by atoms with E-state index in [0.29, 0.717) is 24.1 Å². The normalized spacial score (nSPS) is 20.2. The molecular weight excluding hydrogens is 238 g/mol. The Bertz CT molecular complexity index is 449. The second-order valence-electron chi connectivity index (χ2n) is 3.34. The zero-order valence-electron chi connectivity index (χ0n) is 7.93. The van der Waals surface area contributed by atoms with Gasteiger partial charge in [-0.3, -0.25) is 0 Å². The van der Waals surface area contributed by atoms with Crippen LogP contribution < -0.4 is 4.90 Å². The van der Waals surface area contributed by atoms with Crippen LogP contribution in [0.4, 0.5) is 5.82 Å². The van der Waals surface area contributed by atoms with Gasteiger partial charge in [-0.05, 0) is 0 Å². The van der Waals surface area contributed by atoms with Crippen molar-refractivity contribution >= 4 is 27.3 Å². The molecule has 15 heavy (non-hydrogen) atoms. The Hall–Kier alpha value is -0.880. The number of nitrogens with zero attached hydrogens (tertiary/aromatic N) is 3. The van der Waals surface area contributed by atoms with Crippen LogP contribution in [0.3, 0.4) is 0 Å². The summed E-state index contributed by atoms with van der Waals surface area (Å²) < 4.78 is 22.4. The third kappa shape index (κ3) is 2.57. The quantitative estimate of drug-likeness (QED) is 0.671. The van der Waals surface area contributed by atoms with Crippen molar-refractivity contribution in [3.63, 3.8) is 0 Å². The molecule has 0 aromatic carbocycles. The zero-order chi connectivity index (χ0) is 10.9. The lowest BCUT2D eigenvalue weighted by Gasteiger charge is -2.27. The molecule has 0 amide bonds. The van der Waals surface area contributed by atoms with Crippen LogP contribution in [0.15, 0.2) is 12.4 Å². The van der Waals surface area contributed by atoms with Gasteiger partial charge in [-0.2, -0.15) is 0 Å². The molecule has 0 aliphatic carbocycles. The molecule has 0 radical (unpaired) electrons. The Morgan fingerprint density at radius 1 is 1.27 bits per heavy atom. The maximum atomic E-state index is 11.2. The summed E-state index contributed by atoms with van der Waals surface area (Å²) in [6.07, 6.45) is 1.38. The van der Waals surface area contributed by atoms with Crippen LogP contribution >= 0.6 is 11.6 Å². The first-order chi connectivity index (χ1) is 7.07. The monoisotopic (exact) mass is 247 g/mol. The molecule has 1 aliphatic rings. The molecule has 1 aromatic heterocycles. The van der Waals surface area contributed by atoms with Crippen LogP contribution in [-0.2, 0) is 9.84 Å². The number of anilines is 1. The first kappa shape index (κ1) is 10.6. The van der Waals surface area contributed by atoms with Crippen LogP contribution in [0, 0.1) is 0 Å². The van der Waals surface area contributed by atoms with Crippen molar-refractivity contribution in [2.45, 2.75) is 0 Å². The van der Waals surface area contributed by atoms with E-state index in [2.05, 4.69) is 9.97 Å². The Kier molecular flexibility index (Phi) is 2.79. The average Bonchev–Trinajstić information content (AvgIpc) is 2.17. The van der Waals surface area contributed by atoms with Gasteiger partial charge < -0.3 is 4.90 Å². The van der Waals surface area contributed by atoms with Crippen molar-refractivity contribution in [1.82, 2.24) is 9.97 Å². The van der Waals surface area contributed by atoms with E-state index in [9.17, 15) is 8.42 Å². The molecule has 5 nitrogen and oxygen atoms in total. The third-order valence-electron chi connectivity index (χ3n) is 2.29. The first-order valence-corrected chi connectivity index (χ1v) is 6.70. The van der Waals surface area contributed by atoms with E-state index in [0.717, 1.165) is 0 Å². The third-order valence-corrected chi connectivity index (χ3v) is 4.10. The molecule has 1 aliphatic heterocycles. The standard InChI is InChI=1S/C8H10ClN3O2S/c9-7-5-8(11-6-10-7)12-1-3-15(13,14)4-2-12/h5-6H,1-4H2. The number of sulfone groups is 1. The molecule has 1 aromatic rings. The summed E-state index contributed by atoms with van der Waals surface area (Å²) in [6.45, 7) is 0.936. The van der Waals surface area contributed by atoms with E-state index in [1.165, 1.54) is 6.33 Å². The molecule has 0 spiro atoms. The number of rotatable bonds is 1. The average molecular weight is 248 g/mol. The predicted molar refractivity (Wildman–Crippen MR) is 57.9 cm³/mol. The van der Waals surface area contributed by atoms with Gasteiger partial charge in [0.2, 0.25) is 0 Å². The molecule has 1 fully saturated rings. The highest BCUT2D eigenvalue weighted by atomic mass is 35.5. The van der Waals surface area contributed by atoms with E-state index in [1.54, 1.807) is 6.07 Å². The maximum Gasteiger partial charge on any atom is 0.153 e. The van der Waals surface area contributed by atoms with Crippen LogP contribution in [-0.4, -0.2) is 43.0 Å². The summed E-state index contributed by atoms with van der Waals surface area (Å²) in [7, 11) is -2.85. The molecule has 0 N–H and O–H groups in total. The van der Waals surface area contributed by atoms with E-state index in [1.807, 2.05) is 4.90 Å². The summed E-state index contributed by atoms with van der Waals surface area (Å²) in [5.74, 6) is 1.04. The zero-order valence-corrected chi connectivity index (χ0v) is 9.50. The van der Waals surface area contributed by atoms with E-state index in [4.69, 9.17) is 11.6 Å². The molecule has 2 rings (SSSR count). The van der Waals surface area contributed by atoms with Crippen molar-refractivity contribution in [3.8, 4) is 0 Å². The van der Waals surface area contributed by atoms with Gasteiger partial charge in [0.15, 0.2) is 9.84 Å². The Morgan fingerprint density at radius 3 is 2.53 bits per heavy atom. The number of hydrogen-bond donors (Lipinski definition) is 0. The van der Waals surface area contributed by atoms with Crippen molar-refractivity contribution in [2.24, 2.45) is 0 Å². The number of hydrogen-bond acceptors (Lipinski definition) is 5. The van der Waals surface area contributed by atoms with Gasteiger partial charge in [-0.25, -0.2) is 18.4 Å². The second-order valence-corrected chi connectivity index (χ2v) is 6.03. The van der Waals surface area contributed by atoms with Gasteiger partial charge in [0.05, 0.1) is 11.5 Å². The second kappa shape index (κ2) is 3.94. The molecule has 0 unspecified atom stereocenters. The van der Waals surface area contributed by atoms with E-state index >= 15 is 0 Å². The largest absolute Gasteiger partial charge is 0.354 e. The summed E-state index contributed by atoms with van der Waals surface area (Å²) >= 11 is 5.72. The van der Waals surface area contributed by atoms with Crippen LogP contribution in [0.5, 0.6) is 0 Å². The predicted octanol–water partition coefficient (Wildman–Crippen LogP) is 0.365. The van der Waals surface area contributed by atoms with Gasteiger partial charge >= 0.3 is 0 Å². The highest BCUT2D eigenvalue weighted by molar-refractivity contribution is 7.91. The summed E-state index contributed by atoms with van der Waals surface area (Å²) in [5.41, 5.74) is 0. The lowest BCUT2D eigenvalue weighted by molar-refractivity contribution is 0.586. The van der Waals surface area contributed by atoms with Crippen molar-refractivity contribution in [3.05, 3.63) is 17.5 Å². The minimum atomic E-state index is -2.85. The van der Waals surface area contributed by atoms with Crippen molar-refractivity contribution in [1.29, 1.82) is 0 Å². The van der Waals surface area contributed by atoms with Gasteiger partial charge in [0, 0.05) is 19.2 Å². The lowest BCUT2D eigenvalue weighted by Crippen LogP contribution is -2.40. The van der Waals surface area contributed by atoms with Gasteiger partial charge in [-0.1, -0.05) is 11.6 Å². The molecule has 2 heterocycles. The fourth-order valence-corrected chi connectivity index (χ4v) is 2.78. The highest BCUT2D eigenvalue weighted by Crippen LogP contribution is 2.16. The fourth-order valence-electron chi connectivity index (χ4n) is 1.44. The molecule has 0 saturated carbocycles. The van der Waals surface area contributed by atoms with Crippen LogP contribution in [0.1, 0.15) is 0 Å². The first-order valence-electron chi connectivity index (χ1n) is 4.50. The molecule has 7 heteroatoms. The van der Waals surface area contributed by atoms with Gasteiger partial charge in [-0.15, -0.1) is 0 Å². The molecule has 0 atom stereocenters. The Labute approximate surface area is 93.0 Å². The smallest absolute Gasteiger partial charge is 0.153 e. The molecule has 82 valence electrons. The lowest BCUT2D eigenvalue weighted by atomic mass is 10.4. The number of halogens is 1. The fraction of sp³-hybridized carbons (Fsp3) is 0.500. The number of aromatic nitrogens is 2. The minimum Gasteiger partial charge on any atom is -0.354 e. The van der Waals surface area contributed by atoms with Crippen molar-refractivity contribution in [2.75, 3.05) is 29.5 Å². The Morgan fingerprint density at radius 2 is 1.93 bits per heavy atom. The SMILES string of the molecule is O=S1(=O)CCN(c2cc(Cl)ncn2)CC1. The van der Waals surface area contributed by atoms with Crippen LogP contribution in [0.2, 0.25) is 5.15 Å². The van der Waals surface area contributed by atoms with Gasteiger partial charge in [0.1, 0.15) is 17.3 Å². The molecule has 0 bridgehead atoms. The summed E-state index contributed by atoms with van der Waals surface area (Å²) in [5, 5.41) is 0.369. The minimum absolute atomic E-state index is 0.175. The maximum absolute atomic E-state index is 11.2. The summed E-state index contributed by atoms with van der Waals surface area (Å²) in [6, 6.07) is 1.64. The van der Waals surface area contributed by atoms with E-state index < -0.39 is 9.84 Å². The molecule has 1 saturated heterocycles. The highest BCUT2D eigenvalue weighted by Gasteiger charge is 2.22. The summed E-state index contributed by atoms with van der Waals surface area (Å²) in [4.78, 5) is 9.72. The topological polar surface area (TPSA) is 63.2 Å².